The van der Waals surface area contributed by atoms with Crippen LogP contribution in [-0.4, -0.2) is 103 Å². The van der Waals surface area contributed by atoms with Crippen molar-refractivity contribution in [2.24, 2.45) is 10.8 Å². The van der Waals surface area contributed by atoms with Gasteiger partial charge in [-0.25, -0.2) is 9.59 Å². The lowest BCUT2D eigenvalue weighted by molar-refractivity contribution is -0.118. The van der Waals surface area contributed by atoms with Gasteiger partial charge in [0.25, 0.3) is 0 Å². The monoisotopic (exact) mass is 1000 g/mol. The molecular formula is C54H76BBrN2O10. The summed E-state index contributed by atoms with van der Waals surface area (Å²) >= 11 is 3.54. The van der Waals surface area contributed by atoms with E-state index in [2.05, 4.69) is 28.1 Å². The molecule has 0 unspecified atom stereocenters. The van der Waals surface area contributed by atoms with Crippen molar-refractivity contribution in [1.82, 2.24) is 9.80 Å². The molecule has 2 amide bonds. The summed E-state index contributed by atoms with van der Waals surface area (Å²) in [4.78, 5) is 55.6. The fraction of sp³-hybridized carbons (Fsp3) is 0.630. The van der Waals surface area contributed by atoms with Crippen molar-refractivity contribution in [1.29, 1.82) is 0 Å². The molecular weight excluding hydrogens is 927 g/mol. The Morgan fingerprint density at radius 1 is 0.588 bits per heavy atom. The van der Waals surface area contributed by atoms with E-state index >= 15 is 0 Å². The van der Waals surface area contributed by atoms with Crippen LogP contribution in [0, 0.1) is 38.5 Å². The highest BCUT2D eigenvalue weighted by molar-refractivity contribution is 9.10. The number of ketones is 2. The van der Waals surface area contributed by atoms with Crippen LogP contribution in [0.5, 0.6) is 0 Å². The predicted octanol–water partition coefficient (Wildman–Crippen LogP) is 11.1. The van der Waals surface area contributed by atoms with E-state index in [0.29, 0.717) is 51.0 Å². The Bertz CT molecular complexity index is 2310. The number of likely N-dealkylation sites (tertiary alicyclic amines) is 2. The molecule has 2 aromatic carbocycles. The van der Waals surface area contributed by atoms with Gasteiger partial charge in [0, 0.05) is 56.3 Å². The first-order valence-corrected chi connectivity index (χ1v) is 25.0. The normalized spacial score (nSPS) is 21.2. The molecule has 0 N–H and O–H groups in total. The standard InChI is InChI=1S/C30H44BNO6.C24H32BrNO4/c1-19-15-21(31-37-28(6,7)29(8,9)38-31)16-20(2)24(19)25-22(33)17-30(18-23(25)35-10)11-13-32(14-12-30)26(34)36-27(3,4)5;1-15-11-17(25)12-16(2)20(15)21-18(27)13-24(14-19(21)29-6)7-9-26(10-8-24)22(28)30-23(3,4)5/h15-16H,11-14,17-18H2,1-10H3;11-12H,7-10,13-14H2,1-6H3. The number of allylic oxidation sites excluding steroid dienone is 4. The molecule has 2 aliphatic carbocycles. The van der Waals surface area contributed by atoms with Gasteiger partial charge in [0.1, 0.15) is 22.7 Å². The van der Waals surface area contributed by atoms with Gasteiger partial charge in [-0.2, -0.15) is 0 Å². The summed E-state index contributed by atoms with van der Waals surface area (Å²) in [6.07, 6.45) is 4.84. The van der Waals surface area contributed by atoms with E-state index in [0.717, 1.165) is 92.5 Å². The summed E-state index contributed by atoms with van der Waals surface area (Å²) in [5.74, 6) is 1.75. The Kier molecular flexibility index (Phi) is 15.3. The average molecular weight is 1000 g/mol. The van der Waals surface area contributed by atoms with E-state index in [1.165, 1.54) is 0 Å². The molecule has 5 aliphatic rings. The highest BCUT2D eigenvalue weighted by Crippen LogP contribution is 2.50. The van der Waals surface area contributed by atoms with E-state index in [4.69, 9.17) is 28.3 Å². The van der Waals surface area contributed by atoms with Crippen LogP contribution in [0.1, 0.15) is 154 Å². The Balaban J connectivity index is 0.000000230. The number of carbonyl (C=O) groups excluding carboxylic acids is 4. The number of amides is 2. The number of methoxy groups -OCH3 is 2. The van der Waals surface area contributed by atoms with Crippen LogP contribution in [0.3, 0.4) is 0 Å². The minimum Gasteiger partial charge on any atom is -0.500 e. The fourth-order valence-electron chi connectivity index (χ4n) is 10.6. The van der Waals surface area contributed by atoms with Gasteiger partial charge < -0.3 is 38.1 Å². The number of carbonyl (C=O) groups is 4. The quantitative estimate of drug-likeness (QED) is 0.267. The number of Topliss-reactive ketones (excluding diaryl/α,β-unsaturated/α-hetero) is 2. The smallest absolute Gasteiger partial charge is 0.494 e. The summed E-state index contributed by atoms with van der Waals surface area (Å²) < 4.78 is 36.3. The lowest BCUT2D eigenvalue weighted by atomic mass is 9.66. The summed E-state index contributed by atoms with van der Waals surface area (Å²) in [5.41, 5.74) is 6.20. The van der Waals surface area contributed by atoms with Gasteiger partial charge in [0.05, 0.1) is 36.6 Å². The van der Waals surface area contributed by atoms with Crippen molar-refractivity contribution in [3.8, 4) is 0 Å². The molecule has 12 nitrogen and oxygen atoms in total. The first kappa shape index (κ1) is 53.2. The summed E-state index contributed by atoms with van der Waals surface area (Å²) in [6, 6.07) is 8.22. The van der Waals surface area contributed by atoms with Crippen molar-refractivity contribution in [3.63, 3.8) is 0 Å². The molecule has 7 rings (SSSR count). The van der Waals surface area contributed by atoms with E-state index in [9.17, 15) is 19.2 Å². The number of hydrogen-bond donors (Lipinski definition) is 0. The molecule has 68 heavy (non-hydrogen) atoms. The third-order valence-corrected chi connectivity index (χ3v) is 15.2. The zero-order chi connectivity index (χ0) is 50.5. The van der Waals surface area contributed by atoms with Crippen LogP contribution in [-0.2, 0) is 37.8 Å². The van der Waals surface area contributed by atoms with Crippen LogP contribution in [0.15, 0.2) is 40.3 Å². The zero-order valence-electron chi connectivity index (χ0n) is 43.7. The molecule has 3 fully saturated rings. The predicted molar refractivity (Wildman–Crippen MR) is 271 cm³/mol. The Labute approximate surface area is 414 Å². The maximum absolute atomic E-state index is 13.8. The first-order chi connectivity index (χ1) is 31.4. The molecule has 3 heterocycles. The van der Waals surface area contributed by atoms with Gasteiger partial charge >= 0.3 is 19.3 Å². The summed E-state index contributed by atoms with van der Waals surface area (Å²) in [5, 5.41) is 0. The Morgan fingerprint density at radius 3 is 1.22 bits per heavy atom. The largest absolute Gasteiger partial charge is 0.500 e. The van der Waals surface area contributed by atoms with Crippen molar-refractivity contribution in [2.75, 3.05) is 40.4 Å². The molecule has 0 aromatic heterocycles. The molecule has 14 heteroatoms. The van der Waals surface area contributed by atoms with Crippen molar-refractivity contribution >= 4 is 63.4 Å². The van der Waals surface area contributed by atoms with Gasteiger partial charge in [-0.15, -0.1) is 0 Å². The number of piperidine rings is 2. The van der Waals surface area contributed by atoms with Gasteiger partial charge in [-0.3, -0.25) is 9.59 Å². The number of hydrogen-bond acceptors (Lipinski definition) is 10. The van der Waals surface area contributed by atoms with Crippen molar-refractivity contribution in [2.45, 2.75) is 171 Å². The second kappa shape index (κ2) is 19.6. The topological polar surface area (TPSA) is 130 Å². The number of nitrogens with zero attached hydrogens (tertiary/aromatic N) is 2. The molecule has 3 saturated heterocycles. The van der Waals surface area contributed by atoms with Crippen LogP contribution in [0.4, 0.5) is 9.59 Å². The van der Waals surface area contributed by atoms with Gasteiger partial charge in [0.15, 0.2) is 11.6 Å². The lowest BCUT2D eigenvalue weighted by Gasteiger charge is -2.44. The van der Waals surface area contributed by atoms with Gasteiger partial charge in [-0.1, -0.05) is 28.1 Å². The Hall–Kier alpha value is -4.14. The highest BCUT2D eigenvalue weighted by atomic mass is 79.9. The van der Waals surface area contributed by atoms with E-state index in [-0.39, 0.29) is 34.6 Å². The van der Waals surface area contributed by atoms with Gasteiger partial charge in [0.2, 0.25) is 0 Å². The molecule has 0 radical (unpaired) electrons. The molecule has 0 saturated carbocycles. The maximum Gasteiger partial charge on any atom is 0.494 e. The lowest BCUT2D eigenvalue weighted by Crippen LogP contribution is -2.47. The summed E-state index contributed by atoms with van der Waals surface area (Å²) in [7, 11) is 2.85. The molecule has 2 spiro atoms. The second-order valence-electron chi connectivity index (χ2n) is 23.0. The van der Waals surface area contributed by atoms with E-state index in [1.807, 2.05) is 109 Å². The fourth-order valence-corrected chi connectivity index (χ4v) is 11.2. The van der Waals surface area contributed by atoms with Crippen LogP contribution in [0.25, 0.3) is 11.1 Å². The molecule has 3 aliphatic heterocycles. The summed E-state index contributed by atoms with van der Waals surface area (Å²) in [6.45, 7) is 29.9. The molecule has 2 aromatic rings. The number of benzene rings is 2. The maximum atomic E-state index is 13.8. The van der Waals surface area contributed by atoms with E-state index < -0.39 is 29.5 Å². The van der Waals surface area contributed by atoms with Crippen molar-refractivity contribution in [3.05, 3.63) is 73.6 Å². The average Bonchev–Trinajstić information content (AvgIpc) is 3.43. The third-order valence-electron chi connectivity index (χ3n) is 14.8. The second-order valence-corrected chi connectivity index (χ2v) is 23.9. The van der Waals surface area contributed by atoms with E-state index in [1.54, 1.807) is 24.0 Å². The first-order valence-electron chi connectivity index (χ1n) is 24.2. The zero-order valence-corrected chi connectivity index (χ0v) is 45.3. The van der Waals surface area contributed by atoms with Crippen LogP contribution < -0.4 is 5.46 Å². The SMILES string of the molecule is COC1=C(c2c(C)cc(B3OC(C)(C)C(C)(C)O3)cc2C)C(=O)CC2(CCN(C(=O)OC(C)(C)C)CC2)C1.COC1=C(c2c(C)cc(Br)cc2C)C(=O)CC2(CCN(C(=O)OC(C)(C)C)CC2)C1. The number of aryl methyl sites for hydroxylation is 4. The molecule has 0 atom stereocenters. The third kappa shape index (κ3) is 11.5. The van der Waals surface area contributed by atoms with Crippen molar-refractivity contribution < 1.29 is 47.4 Å². The van der Waals surface area contributed by atoms with Crippen LogP contribution in [0.2, 0.25) is 0 Å². The number of ether oxygens (including phenoxy) is 4. The highest BCUT2D eigenvalue weighted by Gasteiger charge is 2.52. The molecule has 0 bridgehead atoms. The number of halogens is 1. The minimum atomic E-state index is -0.526. The van der Waals surface area contributed by atoms with Gasteiger partial charge in [-0.05, 0) is 184 Å². The number of rotatable bonds is 5. The van der Waals surface area contributed by atoms with Crippen LogP contribution >= 0.6 is 15.9 Å². The Morgan fingerprint density at radius 2 is 0.912 bits per heavy atom. The molecule has 372 valence electrons. The minimum absolute atomic E-state index is 0.105.